The van der Waals surface area contributed by atoms with E-state index >= 15 is 0 Å². The second kappa shape index (κ2) is 12.3. The average Bonchev–Trinajstić information content (AvgIpc) is 3.02. The van der Waals surface area contributed by atoms with Crippen LogP contribution in [0.1, 0.15) is 37.8 Å². The number of hydrogen-bond donors (Lipinski definition) is 1. The van der Waals surface area contributed by atoms with E-state index in [9.17, 15) is 14.4 Å². The van der Waals surface area contributed by atoms with Crippen molar-refractivity contribution >= 4 is 29.2 Å². The number of ether oxygens (including phenoxy) is 1. The van der Waals surface area contributed by atoms with Crippen LogP contribution in [0.25, 0.3) is 0 Å². The van der Waals surface area contributed by atoms with Gasteiger partial charge in [-0.2, -0.15) is 0 Å². The van der Waals surface area contributed by atoms with Crippen molar-refractivity contribution in [2.75, 3.05) is 43.5 Å². The molecule has 1 N–H and O–H groups in total. The molecule has 1 saturated heterocycles. The van der Waals surface area contributed by atoms with Gasteiger partial charge in [0.25, 0.3) is 5.91 Å². The van der Waals surface area contributed by atoms with E-state index in [2.05, 4.69) is 10.2 Å². The maximum Gasteiger partial charge on any atom is 0.337 e. The number of benzene rings is 4. The number of nitrogens with zero attached hydrogens (tertiary/aromatic N) is 2. The van der Waals surface area contributed by atoms with Gasteiger partial charge in [-0.05, 0) is 41.5 Å². The molecular weight excluding hydrogens is 502 g/mol. The van der Waals surface area contributed by atoms with Gasteiger partial charge in [-0.1, -0.05) is 78.9 Å². The van der Waals surface area contributed by atoms with E-state index < -0.39 is 11.9 Å². The molecule has 2 amide bonds. The predicted octanol–water partition coefficient (Wildman–Crippen LogP) is 5.21. The van der Waals surface area contributed by atoms with E-state index in [0.29, 0.717) is 43.0 Å². The van der Waals surface area contributed by atoms with Crippen LogP contribution in [0.3, 0.4) is 0 Å². The molecule has 7 heteroatoms. The number of carbonyl (C=O) groups is 3. The van der Waals surface area contributed by atoms with Crippen molar-refractivity contribution in [1.82, 2.24) is 4.90 Å². The van der Waals surface area contributed by atoms with Gasteiger partial charge in [0, 0.05) is 31.7 Å². The molecule has 202 valence electrons. The molecule has 0 saturated carbocycles. The van der Waals surface area contributed by atoms with E-state index in [1.807, 2.05) is 102 Å². The van der Waals surface area contributed by atoms with Crippen LogP contribution in [0.2, 0.25) is 0 Å². The second-order valence-corrected chi connectivity index (χ2v) is 9.61. The highest BCUT2D eigenvalue weighted by atomic mass is 16.5. The second-order valence-electron chi connectivity index (χ2n) is 9.61. The summed E-state index contributed by atoms with van der Waals surface area (Å²) in [4.78, 5) is 43.2. The van der Waals surface area contributed by atoms with Crippen LogP contribution < -0.4 is 10.2 Å². The molecule has 0 radical (unpaired) electrons. The molecule has 4 aromatic carbocycles. The molecule has 5 rings (SSSR count). The first-order valence-corrected chi connectivity index (χ1v) is 13.3. The van der Waals surface area contributed by atoms with Crippen LogP contribution in [0.5, 0.6) is 0 Å². The summed E-state index contributed by atoms with van der Waals surface area (Å²) >= 11 is 0. The fourth-order valence-electron chi connectivity index (χ4n) is 5.06. The number of nitrogens with one attached hydrogen (secondary N) is 1. The van der Waals surface area contributed by atoms with Crippen molar-refractivity contribution in [3.63, 3.8) is 0 Å². The average molecular weight is 534 g/mol. The molecule has 1 aliphatic rings. The third-order valence-corrected chi connectivity index (χ3v) is 7.13. The highest BCUT2D eigenvalue weighted by Crippen LogP contribution is 2.32. The van der Waals surface area contributed by atoms with Crippen LogP contribution in [-0.2, 0) is 9.53 Å². The number of anilines is 2. The summed E-state index contributed by atoms with van der Waals surface area (Å²) in [5.41, 5.74) is 4.05. The summed E-state index contributed by atoms with van der Waals surface area (Å²) in [7, 11) is 1.33. The Hall–Kier alpha value is -4.91. The smallest absolute Gasteiger partial charge is 0.337 e. The SMILES string of the molecule is COC(=O)c1ccc(N2CCN(C(=O)c3ccccc3)CC2)c(NC(=O)C(c2ccccc2)c2ccccc2)c1. The summed E-state index contributed by atoms with van der Waals surface area (Å²) in [6, 6.07) is 33.7. The lowest BCUT2D eigenvalue weighted by molar-refractivity contribution is -0.116. The Kier molecular flexibility index (Phi) is 8.21. The zero-order chi connectivity index (χ0) is 27.9. The minimum absolute atomic E-state index is 0.00313. The number of esters is 1. The van der Waals surface area contributed by atoms with Crippen LogP contribution in [-0.4, -0.2) is 56.0 Å². The largest absolute Gasteiger partial charge is 0.465 e. The minimum atomic E-state index is -0.544. The minimum Gasteiger partial charge on any atom is -0.465 e. The first kappa shape index (κ1) is 26.7. The topological polar surface area (TPSA) is 79.0 Å². The van der Waals surface area contributed by atoms with Gasteiger partial charge in [0.05, 0.1) is 30.0 Å². The van der Waals surface area contributed by atoms with Gasteiger partial charge in [0.15, 0.2) is 0 Å². The van der Waals surface area contributed by atoms with Crippen LogP contribution in [0, 0.1) is 0 Å². The molecule has 0 aliphatic carbocycles. The first-order chi connectivity index (χ1) is 19.5. The monoisotopic (exact) mass is 533 g/mol. The molecule has 0 unspecified atom stereocenters. The normalized spacial score (nSPS) is 13.2. The lowest BCUT2D eigenvalue weighted by Crippen LogP contribution is -2.49. The number of hydrogen-bond acceptors (Lipinski definition) is 5. The predicted molar refractivity (Wildman–Crippen MR) is 156 cm³/mol. The van der Waals surface area contributed by atoms with Crippen molar-refractivity contribution < 1.29 is 19.1 Å². The van der Waals surface area contributed by atoms with Gasteiger partial charge < -0.3 is 19.9 Å². The van der Waals surface area contributed by atoms with Gasteiger partial charge in [-0.25, -0.2) is 4.79 Å². The van der Waals surface area contributed by atoms with Crippen LogP contribution in [0.15, 0.2) is 109 Å². The van der Waals surface area contributed by atoms with E-state index in [1.54, 1.807) is 12.1 Å². The number of carbonyl (C=O) groups excluding carboxylic acids is 3. The molecule has 1 fully saturated rings. The van der Waals surface area contributed by atoms with Crippen LogP contribution in [0.4, 0.5) is 11.4 Å². The molecular formula is C33H31N3O4. The van der Waals surface area contributed by atoms with Crippen molar-refractivity contribution in [2.24, 2.45) is 0 Å². The molecule has 0 atom stereocenters. The Morgan fingerprint density at radius 1 is 0.700 bits per heavy atom. The standard InChI is InChI=1S/C33H31N3O4/c1-40-33(39)27-17-18-29(35-19-21-36(22-20-35)32(38)26-15-9-4-10-16-26)28(23-27)34-31(37)30(24-11-5-2-6-12-24)25-13-7-3-8-14-25/h2-18,23,30H,19-22H2,1H3,(H,34,37). The van der Waals surface area contributed by atoms with E-state index in [-0.39, 0.29) is 11.8 Å². The van der Waals surface area contributed by atoms with Crippen molar-refractivity contribution in [1.29, 1.82) is 0 Å². The summed E-state index contributed by atoms with van der Waals surface area (Å²) < 4.78 is 4.94. The van der Waals surface area contributed by atoms with Crippen molar-refractivity contribution in [3.05, 3.63) is 131 Å². The molecule has 0 bridgehead atoms. The molecule has 1 aliphatic heterocycles. The third-order valence-electron chi connectivity index (χ3n) is 7.13. The summed E-state index contributed by atoms with van der Waals surface area (Å²) in [6.07, 6.45) is 0. The van der Waals surface area contributed by atoms with E-state index in [4.69, 9.17) is 4.74 Å². The number of piperazine rings is 1. The van der Waals surface area contributed by atoms with Gasteiger partial charge >= 0.3 is 5.97 Å². The van der Waals surface area contributed by atoms with Gasteiger partial charge in [-0.15, -0.1) is 0 Å². The Bertz CT molecular complexity index is 1430. The Morgan fingerprint density at radius 3 is 1.80 bits per heavy atom. The number of methoxy groups -OCH3 is 1. The van der Waals surface area contributed by atoms with Crippen molar-refractivity contribution in [3.8, 4) is 0 Å². The molecule has 40 heavy (non-hydrogen) atoms. The molecule has 1 heterocycles. The molecule has 0 aromatic heterocycles. The molecule has 7 nitrogen and oxygen atoms in total. The fraction of sp³-hybridized carbons (Fsp3) is 0.182. The third kappa shape index (κ3) is 5.89. The lowest BCUT2D eigenvalue weighted by atomic mass is 9.90. The zero-order valence-corrected chi connectivity index (χ0v) is 22.3. The highest BCUT2D eigenvalue weighted by Gasteiger charge is 2.27. The lowest BCUT2D eigenvalue weighted by Gasteiger charge is -2.37. The maximum atomic E-state index is 13.9. The van der Waals surface area contributed by atoms with Gasteiger partial charge in [0.1, 0.15) is 0 Å². The Morgan fingerprint density at radius 2 is 1.25 bits per heavy atom. The molecule has 0 spiro atoms. The number of amides is 2. The first-order valence-electron chi connectivity index (χ1n) is 13.3. The van der Waals surface area contributed by atoms with E-state index in [0.717, 1.165) is 16.8 Å². The van der Waals surface area contributed by atoms with Gasteiger partial charge in [-0.3, -0.25) is 9.59 Å². The van der Waals surface area contributed by atoms with Crippen LogP contribution >= 0.6 is 0 Å². The molecule has 4 aromatic rings. The quantitative estimate of drug-likeness (QED) is 0.330. The Labute approximate surface area is 234 Å². The van der Waals surface area contributed by atoms with Crippen molar-refractivity contribution in [2.45, 2.75) is 5.92 Å². The van der Waals surface area contributed by atoms with E-state index in [1.165, 1.54) is 7.11 Å². The number of rotatable bonds is 7. The summed E-state index contributed by atoms with van der Waals surface area (Å²) in [5.74, 6) is -1.23. The summed E-state index contributed by atoms with van der Waals surface area (Å²) in [5, 5.41) is 3.12. The maximum absolute atomic E-state index is 13.9. The van der Waals surface area contributed by atoms with Gasteiger partial charge in [0.2, 0.25) is 5.91 Å². The highest BCUT2D eigenvalue weighted by molar-refractivity contribution is 6.02. The Balaban J connectivity index is 1.41. The summed E-state index contributed by atoms with van der Waals surface area (Å²) in [6.45, 7) is 2.24. The fourth-order valence-corrected chi connectivity index (χ4v) is 5.06. The zero-order valence-electron chi connectivity index (χ0n) is 22.3.